The molecule has 0 radical (unpaired) electrons. The largest absolute Gasteiger partial charge is 1.00 e. The summed E-state index contributed by atoms with van der Waals surface area (Å²) in [6.07, 6.45) is 0. The first kappa shape index (κ1) is 16.0. The molecule has 0 amide bonds. The number of fused-ring (bicyclic) bond motifs is 1. The molecule has 0 atom stereocenters. The number of rotatable bonds is 2. The maximum atomic E-state index is 11.0. The van der Waals surface area contributed by atoms with Crippen LogP contribution >= 0.6 is 0 Å². The Hall–Kier alpha value is -1.38. The molecule has 0 saturated heterocycles. The van der Waals surface area contributed by atoms with E-state index in [0.29, 0.717) is 11.1 Å². The average molecular weight is 313 g/mol. The van der Waals surface area contributed by atoms with E-state index in [1.54, 1.807) is 24.3 Å². The van der Waals surface area contributed by atoms with Gasteiger partial charge in [-0.1, -0.05) is 18.2 Å². The van der Waals surface area contributed by atoms with Gasteiger partial charge in [-0.2, -0.15) is 0 Å². The number of hydrogen-bond donors (Lipinski definition) is 1. The van der Waals surface area contributed by atoms with Crippen LogP contribution in [0.4, 0.5) is 0 Å². The van der Waals surface area contributed by atoms with Crippen molar-refractivity contribution >= 4 is 21.2 Å². The number of aromatic nitrogens is 1. The minimum absolute atomic E-state index is 0. The standard InChI is InChI=1S/C13H9NO5S.Na/c15-12-8(4-3-7-11(12)20(16,17)18)13-14-9-5-1-2-6-10(9)19-13;/h1-7,15H,(H,16,17,18);/q;+1/p-1. The van der Waals surface area contributed by atoms with Gasteiger partial charge in [-0.3, -0.25) is 0 Å². The first-order valence-corrected chi connectivity index (χ1v) is 7.01. The molecule has 0 aliphatic rings. The number of para-hydroxylation sites is 3. The van der Waals surface area contributed by atoms with Crippen LogP contribution in [-0.2, 0) is 10.1 Å². The molecule has 0 spiro atoms. The smallest absolute Gasteiger partial charge is 0.744 e. The van der Waals surface area contributed by atoms with Crippen LogP contribution in [0.3, 0.4) is 0 Å². The number of phenolic OH excluding ortho intramolecular Hbond substituents is 1. The van der Waals surface area contributed by atoms with E-state index in [2.05, 4.69) is 4.98 Å². The van der Waals surface area contributed by atoms with E-state index >= 15 is 0 Å². The molecule has 21 heavy (non-hydrogen) atoms. The zero-order chi connectivity index (χ0) is 14.3. The fourth-order valence-electron chi connectivity index (χ4n) is 1.88. The van der Waals surface area contributed by atoms with Crippen LogP contribution in [0.1, 0.15) is 0 Å². The first-order chi connectivity index (χ1) is 9.47. The summed E-state index contributed by atoms with van der Waals surface area (Å²) in [5.41, 5.74) is 1.12. The van der Waals surface area contributed by atoms with Crippen LogP contribution in [0.25, 0.3) is 22.6 Å². The molecule has 0 fully saturated rings. The molecule has 3 rings (SSSR count). The summed E-state index contributed by atoms with van der Waals surface area (Å²) in [7, 11) is -4.76. The third-order valence-corrected chi connectivity index (χ3v) is 3.66. The molecular formula is C13H8NNaO5S. The second-order valence-corrected chi connectivity index (χ2v) is 5.44. The Morgan fingerprint density at radius 3 is 2.48 bits per heavy atom. The second kappa shape index (κ2) is 5.78. The van der Waals surface area contributed by atoms with Crippen molar-refractivity contribution in [3.63, 3.8) is 0 Å². The number of phenols is 1. The summed E-state index contributed by atoms with van der Waals surface area (Å²) in [6.45, 7) is 0. The average Bonchev–Trinajstić information content (AvgIpc) is 2.81. The minimum atomic E-state index is -4.76. The van der Waals surface area contributed by atoms with Crippen LogP contribution in [0, 0.1) is 0 Å². The molecule has 2 aromatic carbocycles. The van der Waals surface area contributed by atoms with Gasteiger partial charge in [0.25, 0.3) is 0 Å². The van der Waals surface area contributed by atoms with E-state index in [1.807, 2.05) is 0 Å². The number of aromatic hydroxyl groups is 1. The zero-order valence-corrected chi connectivity index (χ0v) is 13.8. The molecule has 1 heterocycles. The molecule has 1 aromatic heterocycles. The summed E-state index contributed by atoms with van der Waals surface area (Å²) in [6, 6.07) is 10.7. The normalized spacial score (nSPS) is 11.3. The van der Waals surface area contributed by atoms with Gasteiger partial charge in [-0.25, -0.2) is 13.4 Å². The Morgan fingerprint density at radius 2 is 1.81 bits per heavy atom. The SMILES string of the molecule is O=S(=O)([O-])c1cccc(-c2nc3ccccc3o2)c1O.[Na+]. The molecule has 0 unspecified atom stereocenters. The van der Waals surface area contributed by atoms with Crippen molar-refractivity contribution in [2.75, 3.05) is 0 Å². The molecular weight excluding hydrogens is 305 g/mol. The van der Waals surface area contributed by atoms with Gasteiger partial charge in [-0.15, -0.1) is 0 Å². The van der Waals surface area contributed by atoms with Crippen LogP contribution in [0.15, 0.2) is 51.8 Å². The van der Waals surface area contributed by atoms with E-state index in [-0.39, 0.29) is 41.0 Å². The van der Waals surface area contributed by atoms with Crippen molar-refractivity contribution < 1.29 is 52.1 Å². The maximum Gasteiger partial charge on any atom is 1.00 e. The van der Waals surface area contributed by atoms with Gasteiger partial charge in [-0.05, 0) is 24.3 Å². The number of oxazole rings is 1. The summed E-state index contributed by atoms with van der Waals surface area (Å²) in [4.78, 5) is 3.45. The van der Waals surface area contributed by atoms with Gasteiger partial charge >= 0.3 is 29.6 Å². The van der Waals surface area contributed by atoms with E-state index in [4.69, 9.17) is 4.42 Å². The molecule has 0 aliphatic carbocycles. The topological polar surface area (TPSA) is 103 Å². The molecule has 0 aliphatic heterocycles. The van der Waals surface area contributed by atoms with E-state index < -0.39 is 20.8 Å². The van der Waals surface area contributed by atoms with Crippen molar-refractivity contribution in [1.29, 1.82) is 0 Å². The fourth-order valence-corrected chi connectivity index (χ4v) is 2.48. The monoisotopic (exact) mass is 313 g/mol. The van der Waals surface area contributed by atoms with Gasteiger partial charge in [0.05, 0.1) is 10.5 Å². The Kier molecular flexibility index (Phi) is 4.40. The summed E-state index contributed by atoms with van der Waals surface area (Å²) >= 11 is 0. The molecule has 1 N–H and O–H groups in total. The van der Waals surface area contributed by atoms with Gasteiger partial charge in [0, 0.05) is 0 Å². The predicted molar refractivity (Wildman–Crippen MR) is 69.1 cm³/mol. The quantitative estimate of drug-likeness (QED) is 0.486. The Morgan fingerprint density at radius 1 is 1.10 bits per heavy atom. The van der Waals surface area contributed by atoms with Gasteiger partial charge in [0.15, 0.2) is 5.58 Å². The molecule has 0 bridgehead atoms. The molecule has 3 aromatic rings. The van der Waals surface area contributed by atoms with Crippen molar-refractivity contribution in [2.24, 2.45) is 0 Å². The Labute approximate surface area is 142 Å². The molecule has 6 nitrogen and oxygen atoms in total. The number of nitrogens with zero attached hydrogens (tertiary/aromatic N) is 1. The Bertz CT molecular complexity index is 871. The van der Waals surface area contributed by atoms with Crippen LogP contribution < -0.4 is 29.6 Å². The van der Waals surface area contributed by atoms with Crippen molar-refractivity contribution in [1.82, 2.24) is 4.98 Å². The third kappa shape index (κ3) is 2.97. The van der Waals surface area contributed by atoms with Crippen LogP contribution in [0.5, 0.6) is 5.75 Å². The van der Waals surface area contributed by atoms with E-state index in [9.17, 15) is 18.1 Å². The van der Waals surface area contributed by atoms with Crippen LogP contribution in [-0.4, -0.2) is 23.1 Å². The van der Waals surface area contributed by atoms with Gasteiger partial charge in [0.2, 0.25) is 5.89 Å². The molecule has 102 valence electrons. The summed E-state index contributed by atoms with van der Waals surface area (Å²) in [5.74, 6) is -0.608. The zero-order valence-electron chi connectivity index (χ0n) is 11.0. The molecule has 8 heteroatoms. The van der Waals surface area contributed by atoms with E-state index in [1.165, 1.54) is 12.1 Å². The van der Waals surface area contributed by atoms with Crippen LogP contribution in [0.2, 0.25) is 0 Å². The fraction of sp³-hybridized carbons (Fsp3) is 0. The maximum absolute atomic E-state index is 11.0. The van der Waals surface area contributed by atoms with Crippen molar-refractivity contribution in [3.05, 3.63) is 42.5 Å². The Balaban J connectivity index is 0.00000161. The number of hydrogen-bond acceptors (Lipinski definition) is 6. The summed E-state index contributed by atoms with van der Waals surface area (Å²) in [5, 5.41) is 9.92. The predicted octanol–water partition coefficient (Wildman–Crippen LogP) is -0.891. The minimum Gasteiger partial charge on any atom is -0.744 e. The van der Waals surface area contributed by atoms with E-state index in [0.717, 1.165) is 6.07 Å². The number of benzene rings is 2. The first-order valence-electron chi connectivity index (χ1n) is 5.60. The third-order valence-electron chi connectivity index (χ3n) is 2.79. The van der Waals surface area contributed by atoms with Crippen molar-refractivity contribution in [3.8, 4) is 17.2 Å². The summed E-state index contributed by atoms with van der Waals surface area (Å²) < 4.78 is 38.6. The second-order valence-electron chi connectivity index (χ2n) is 4.09. The molecule has 0 saturated carbocycles. The van der Waals surface area contributed by atoms with Gasteiger partial charge in [0.1, 0.15) is 21.4 Å². The van der Waals surface area contributed by atoms with Gasteiger partial charge < -0.3 is 14.1 Å². The van der Waals surface area contributed by atoms with Crippen molar-refractivity contribution in [2.45, 2.75) is 4.90 Å².